The molecule has 0 amide bonds. The van der Waals surface area contributed by atoms with Crippen LogP contribution in [0.3, 0.4) is 0 Å². The minimum atomic E-state index is -3.19. The summed E-state index contributed by atoms with van der Waals surface area (Å²) >= 11 is 0. The highest BCUT2D eigenvalue weighted by molar-refractivity contribution is 7.90. The van der Waals surface area contributed by atoms with Crippen LogP contribution in [-0.4, -0.2) is 20.6 Å². The molecule has 0 aromatic heterocycles. The molecule has 1 aliphatic heterocycles. The van der Waals surface area contributed by atoms with Crippen LogP contribution in [0.4, 0.5) is 0 Å². The average Bonchev–Trinajstić information content (AvgIpc) is 2.63. The largest absolute Gasteiger partial charge is 0.434 e. The molecule has 1 aromatic carbocycles. The molecule has 16 heavy (non-hydrogen) atoms. The number of carbonyl (C=O) groups is 1. The van der Waals surface area contributed by atoms with Gasteiger partial charge in [0.1, 0.15) is 5.92 Å². The molecule has 2 rings (SSSR count). The van der Waals surface area contributed by atoms with Crippen molar-refractivity contribution >= 4 is 15.8 Å². The minimum Gasteiger partial charge on any atom is -0.434 e. The summed E-state index contributed by atoms with van der Waals surface area (Å²) in [5.74, 6) is -0.763. The van der Waals surface area contributed by atoms with Gasteiger partial charge in [0.15, 0.2) is 9.84 Å². The van der Waals surface area contributed by atoms with Gasteiger partial charge in [0, 0.05) is 6.26 Å². The van der Waals surface area contributed by atoms with E-state index in [1.807, 2.05) is 0 Å². The lowest BCUT2D eigenvalue weighted by atomic mass is 10.0. The van der Waals surface area contributed by atoms with Gasteiger partial charge in [-0.2, -0.15) is 0 Å². The number of hydrogen-bond donors (Lipinski definition) is 0. The van der Waals surface area contributed by atoms with Crippen molar-refractivity contribution in [1.82, 2.24) is 0 Å². The third kappa shape index (κ3) is 1.99. The predicted octanol–water partition coefficient (Wildman–Crippen LogP) is 1.24. The van der Waals surface area contributed by atoms with E-state index in [1.54, 1.807) is 18.2 Å². The Balaban J connectivity index is 2.33. The van der Waals surface area contributed by atoms with Crippen LogP contribution in [-0.2, 0) is 19.4 Å². The van der Waals surface area contributed by atoms with E-state index in [2.05, 4.69) is 4.74 Å². The van der Waals surface area contributed by atoms with Gasteiger partial charge < -0.3 is 4.74 Å². The number of benzene rings is 1. The van der Waals surface area contributed by atoms with Crippen molar-refractivity contribution in [1.29, 1.82) is 0 Å². The van der Waals surface area contributed by atoms with Crippen LogP contribution in [0, 0.1) is 0 Å². The lowest BCUT2D eigenvalue weighted by molar-refractivity contribution is -0.136. The molecule has 4 nitrogen and oxygen atoms in total. The van der Waals surface area contributed by atoms with E-state index in [4.69, 9.17) is 0 Å². The zero-order valence-corrected chi connectivity index (χ0v) is 9.40. The first-order valence-electron chi connectivity index (χ1n) is 4.66. The molecule has 1 atom stereocenters. The van der Waals surface area contributed by atoms with Crippen molar-refractivity contribution in [3.63, 3.8) is 0 Å². The van der Waals surface area contributed by atoms with Gasteiger partial charge in [0.25, 0.3) is 0 Å². The van der Waals surface area contributed by atoms with Crippen LogP contribution < -0.4 is 0 Å². The molecule has 0 aliphatic carbocycles. The second-order valence-corrected chi connectivity index (χ2v) is 5.60. The molecule has 0 N–H and O–H groups in total. The number of sulfone groups is 1. The summed E-state index contributed by atoms with van der Waals surface area (Å²) in [7, 11) is -3.19. The molecule has 1 aromatic rings. The monoisotopic (exact) mass is 238 g/mol. The van der Waals surface area contributed by atoms with Gasteiger partial charge in [-0.3, -0.25) is 4.79 Å². The van der Waals surface area contributed by atoms with E-state index in [9.17, 15) is 13.2 Å². The van der Waals surface area contributed by atoms with E-state index in [0.29, 0.717) is 0 Å². The molecule has 84 valence electrons. The molecule has 0 bridgehead atoms. The number of esters is 1. The van der Waals surface area contributed by atoms with Crippen molar-refractivity contribution < 1.29 is 17.9 Å². The third-order valence-electron chi connectivity index (χ3n) is 2.38. The minimum absolute atomic E-state index is 0.242. The summed E-state index contributed by atoms with van der Waals surface area (Å²) in [5.41, 5.74) is 0.728. The molecule has 0 spiro atoms. The van der Waals surface area contributed by atoms with Gasteiger partial charge in [-0.15, -0.1) is 0 Å². The smallest absolute Gasteiger partial charge is 0.322 e. The Morgan fingerprint density at radius 3 is 2.25 bits per heavy atom. The van der Waals surface area contributed by atoms with Crippen LogP contribution in [0.2, 0.25) is 0 Å². The Hall–Kier alpha value is -1.62. The third-order valence-corrected chi connectivity index (χ3v) is 3.50. The molecule has 5 heteroatoms. The molecule has 1 aliphatic rings. The van der Waals surface area contributed by atoms with Crippen LogP contribution >= 0.6 is 0 Å². The van der Waals surface area contributed by atoms with Gasteiger partial charge >= 0.3 is 5.97 Å². The van der Waals surface area contributed by atoms with E-state index >= 15 is 0 Å². The highest BCUT2D eigenvalue weighted by Gasteiger charge is 2.23. The van der Waals surface area contributed by atoms with Gasteiger partial charge in [-0.25, -0.2) is 8.42 Å². The van der Waals surface area contributed by atoms with Crippen LogP contribution in [0.25, 0.3) is 0 Å². The number of cyclic esters (lactones) is 1. The summed E-state index contributed by atoms with van der Waals surface area (Å²) in [6, 6.07) is 6.23. The van der Waals surface area contributed by atoms with Gasteiger partial charge in [0.05, 0.1) is 11.2 Å². The fourth-order valence-corrected chi connectivity index (χ4v) is 2.14. The highest BCUT2D eigenvalue weighted by atomic mass is 32.2. The van der Waals surface area contributed by atoms with Gasteiger partial charge in [-0.05, 0) is 23.8 Å². The lowest BCUT2D eigenvalue weighted by Gasteiger charge is -2.05. The molecule has 0 saturated heterocycles. The van der Waals surface area contributed by atoms with Crippen LogP contribution in [0.1, 0.15) is 11.5 Å². The zero-order valence-electron chi connectivity index (χ0n) is 8.58. The second kappa shape index (κ2) is 3.75. The Morgan fingerprint density at radius 1 is 1.19 bits per heavy atom. The van der Waals surface area contributed by atoms with Crippen molar-refractivity contribution in [3.05, 3.63) is 42.2 Å². The Morgan fingerprint density at radius 2 is 1.81 bits per heavy atom. The standard InChI is InChI=1S/C11H10O4S/c1-16(13,14)9-4-2-8(3-5-9)10-6-7-15-11(10)12/h2-7,10H,1H3. The van der Waals surface area contributed by atoms with Gasteiger partial charge in [-0.1, -0.05) is 12.1 Å². The summed E-state index contributed by atoms with van der Waals surface area (Å²) in [6.07, 6.45) is 4.13. The normalized spacial score (nSPS) is 19.8. The summed E-state index contributed by atoms with van der Waals surface area (Å²) in [4.78, 5) is 11.5. The number of carbonyl (C=O) groups excluding carboxylic acids is 1. The van der Waals surface area contributed by atoms with Gasteiger partial charge in [0.2, 0.25) is 0 Å². The van der Waals surface area contributed by atoms with E-state index < -0.39 is 15.8 Å². The lowest BCUT2D eigenvalue weighted by Crippen LogP contribution is -2.06. The summed E-state index contributed by atoms with van der Waals surface area (Å²) in [5, 5.41) is 0. The maximum absolute atomic E-state index is 11.3. The molecule has 0 radical (unpaired) electrons. The number of rotatable bonds is 2. The first-order chi connectivity index (χ1) is 7.48. The Labute approximate surface area is 93.5 Å². The highest BCUT2D eigenvalue weighted by Crippen LogP contribution is 2.24. The summed E-state index contributed by atoms with van der Waals surface area (Å²) < 4.78 is 27.1. The predicted molar refractivity (Wildman–Crippen MR) is 57.5 cm³/mol. The second-order valence-electron chi connectivity index (χ2n) is 3.58. The molecule has 1 heterocycles. The molecule has 0 fully saturated rings. The quantitative estimate of drug-likeness (QED) is 0.727. The van der Waals surface area contributed by atoms with Crippen LogP contribution in [0.5, 0.6) is 0 Å². The average molecular weight is 238 g/mol. The fourth-order valence-electron chi connectivity index (χ4n) is 1.51. The van der Waals surface area contributed by atoms with E-state index in [0.717, 1.165) is 11.8 Å². The molecular weight excluding hydrogens is 228 g/mol. The maximum atomic E-state index is 11.3. The first kappa shape index (κ1) is 10.9. The number of ether oxygens (including phenoxy) is 1. The van der Waals surface area contributed by atoms with Crippen molar-refractivity contribution in [2.75, 3.05) is 6.26 Å². The van der Waals surface area contributed by atoms with Crippen molar-refractivity contribution in [2.24, 2.45) is 0 Å². The molecule has 1 unspecified atom stereocenters. The Kier molecular flexibility index (Phi) is 2.55. The maximum Gasteiger partial charge on any atom is 0.322 e. The Bertz CT molecular complexity index is 540. The van der Waals surface area contributed by atoms with E-state index in [1.165, 1.54) is 18.4 Å². The zero-order chi connectivity index (χ0) is 11.8. The number of hydrogen-bond acceptors (Lipinski definition) is 4. The first-order valence-corrected chi connectivity index (χ1v) is 6.55. The molecular formula is C11H10O4S. The topological polar surface area (TPSA) is 60.4 Å². The summed E-state index contributed by atoms with van der Waals surface area (Å²) in [6.45, 7) is 0. The van der Waals surface area contributed by atoms with Crippen molar-refractivity contribution in [3.8, 4) is 0 Å². The molecule has 0 saturated carbocycles. The SMILES string of the molecule is CS(=O)(=O)c1ccc(C2C=COC2=O)cc1. The van der Waals surface area contributed by atoms with E-state index in [-0.39, 0.29) is 10.9 Å². The van der Waals surface area contributed by atoms with Crippen LogP contribution in [0.15, 0.2) is 41.5 Å². The fraction of sp³-hybridized carbons (Fsp3) is 0.182. The van der Waals surface area contributed by atoms with Crippen molar-refractivity contribution in [2.45, 2.75) is 10.8 Å².